The standard InChI is InChI=1S/C26H33NO6/c1-25(2,3)31-23(28)27(33-24(29)32-26(4,5)6)18-17-22(19-11-9-8-10-12-19)20-13-15-21(30-7)16-14-20/h8-17H,18H2,1-7H3/b22-17+. The van der Waals surface area contributed by atoms with Crippen molar-refractivity contribution in [3.05, 3.63) is 71.8 Å². The fourth-order valence-corrected chi connectivity index (χ4v) is 2.79. The maximum Gasteiger partial charge on any atom is 0.534 e. The van der Waals surface area contributed by atoms with Crippen LogP contribution in [0.15, 0.2) is 60.7 Å². The molecule has 1 amide bonds. The summed E-state index contributed by atoms with van der Waals surface area (Å²) in [5, 5.41) is 0.853. The molecule has 0 saturated carbocycles. The van der Waals surface area contributed by atoms with E-state index in [9.17, 15) is 9.59 Å². The van der Waals surface area contributed by atoms with Gasteiger partial charge in [-0.25, -0.2) is 9.59 Å². The van der Waals surface area contributed by atoms with Gasteiger partial charge in [-0.1, -0.05) is 48.5 Å². The summed E-state index contributed by atoms with van der Waals surface area (Å²) in [7, 11) is 1.61. The lowest BCUT2D eigenvalue weighted by Crippen LogP contribution is -2.40. The zero-order valence-electron chi connectivity index (χ0n) is 20.4. The second-order valence-electron chi connectivity index (χ2n) is 9.31. The van der Waals surface area contributed by atoms with Crippen molar-refractivity contribution in [3.8, 4) is 5.75 Å². The average molecular weight is 456 g/mol. The van der Waals surface area contributed by atoms with Crippen molar-refractivity contribution >= 4 is 17.8 Å². The van der Waals surface area contributed by atoms with Crippen molar-refractivity contribution in [1.82, 2.24) is 5.06 Å². The Hall–Kier alpha value is -3.48. The summed E-state index contributed by atoms with van der Waals surface area (Å²) in [6.45, 7) is 10.3. The van der Waals surface area contributed by atoms with Crippen molar-refractivity contribution in [2.75, 3.05) is 13.7 Å². The molecule has 0 spiro atoms. The molecular weight excluding hydrogens is 422 g/mol. The molecule has 2 rings (SSSR count). The third-order valence-electron chi connectivity index (χ3n) is 4.12. The van der Waals surface area contributed by atoms with Gasteiger partial charge in [0, 0.05) is 0 Å². The summed E-state index contributed by atoms with van der Waals surface area (Å²) >= 11 is 0. The van der Waals surface area contributed by atoms with Gasteiger partial charge in [-0.15, -0.1) is 5.06 Å². The molecule has 0 N–H and O–H groups in total. The predicted octanol–water partition coefficient (Wildman–Crippen LogP) is 6.23. The van der Waals surface area contributed by atoms with Crippen LogP contribution in [0.4, 0.5) is 9.59 Å². The van der Waals surface area contributed by atoms with E-state index in [2.05, 4.69) is 0 Å². The molecule has 0 aromatic heterocycles. The Kier molecular flexibility index (Phi) is 8.51. The van der Waals surface area contributed by atoms with Crippen molar-refractivity contribution in [2.45, 2.75) is 52.7 Å². The first-order valence-corrected chi connectivity index (χ1v) is 10.7. The van der Waals surface area contributed by atoms with E-state index in [1.54, 1.807) is 54.7 Å². The van der Waals surface area contributed by atoms with Crippen molar-refractivity contribution < 1.29 is 28.6 Å². The quantitative estimate of drug-likeness (QED) is 0.393. The van der Waals surface area contributed by atoms with Crippen molar-refractivity contribution in [3.63, 3.8) is 0 Å². The van der Waals surface area contributed by atoms with Crippen molar-refractivity contribution in [1.29, 1.82) is 0 Å². The van der Waals surface area contributed by atoms with Gasteiger partial charge in [0.1, 0.15) is 17.0 Å². The first kappa shape index (κ1) is 25.8. The molecule has 0 atom stereocenters. The summed E-state index contributed by atoms with van der Waals surface area (Å²) < 4.78 is 15.9. The number of benzene rings is 2. The molecule has 0 saturated heterocycles. The lowest BCUT2D eigenvalue weighted by atomic mass is 9.97. The molecule has 7 heteroatoms. The van der Waals surface area contributed by atoms with E-state index in [0.29, 0.717) is 0 Å². The van der Waals surface area contributed by atoms with Crippen molar-refractivity contribution in [2.24, 2.45) is 0 Å². The minimum Gasteiger partial charge on any atom is -0.497 e. The maximum absolute atomic E-state index is 12.8. The average Bonchev–Trinajstić information content (AvgIpc) is 2.71. The number of methoxy groups -OCH3 is 1. The van der Waals surface area contributed by atoms with Crippen LogP contribution in [0.1, 0.15) is 52.7 Å². The number of hydrogen-bond donors (Lipinski definition) is 0. The summed E-state index contributed by atoms with van der Waals surface area (Å²) in [4.78, 5) is 30.2. The summed E-state index contributed by atoms with van der Waals surface area (Å²) in [6.07, 6.45) is 0.00467. The van der Waals surface area contributed by atoms with Crippen LogP contribution in [0.5, 0.6) is 5.75 Å². The van der Waals surface area contributed by atoms with E-state index in [-0.39, 0.29) is 6.54 Å². The zero-order valence-corrected chi connectivity index (χ0v) is 20.4. The van der Waals surface area contributed by atoms with Crippen LogP contribution in [-0.2, 0) is 14.3 Å². The Labute approximate surface area is 195 Å². The molecule has 0 aliphatic carbocycles. The van der Waals surface area contributed by atoms with Crippen LogP contribution >= 0.6 is 0 Å². The van der Waals surface area contributed by atoms with E-state index in [1.165, 1.54) is 0 Å². The molecule has 0 bridgehead atoms. The number of hydroxylamine groups is 2. The van der Waals surface area contributed by atoms with Crippen LogP contribution in [0.25, 0.3) is 5.57 Å². The second kappa shape index (κ2) is 10.9. The Morgan fingerprint density at radius 1 is 0.818 bits per heavy atom. The van der Waals surface area contributed by atoms with E-state index in [0.717, 1.165) is 27.5 Å². The number of carbonyl (C=O) groups excluding carboxylic acids is 2. The van der Waals surface area contributed by atoms with Crippen LogP contribution in [0.3, 0.4) is 0 Å². The lowest BCUT2D eigenvalue weighted by molar-refractivity contribution is -0.130. The Bertz CT molecular complexity index is 953. The van der Waals surface area contributed by atoms with Gasteiger partial charge in [0.2, 0.25) is 0 Å². The first-order valence-electron chi connectivity index (χ1n) is 10.7. The number of hydrogen-bond acceptors (Lipinski definition) is 6. The highest BCUT2D eigenvalue weighted by Crippen LogP contribution is 2.26. The van der Waals surface area contributed by atoms with Gasteiger partial charge < -0.3 is 14.2 Å². The highest BCUT2D eigenvalue weighted by molar-refractivity contribution is 5.80. The molecular formula is C26H33NO6. The third-order valence-corrected chi connectivity index (χ3v) is 4.12. The molecule has 178 valence electrons. The predicted molar refractivity (Wildman–Crippen MR) is 127 cm³/mol. The molecule has 0 fully saturated rings. The van der Waals surface area contributed by atoms with E-state index in [4.69, 9.17) is 19.0 Å². The van der Waals surface area contributed by atoms with Crippen LogP contribution in [-0.4, -0.2) is 42.2 Å². The topological polar surface area (TPSA) is 74.3 Å². The molecule has 7 nitrogen and oxygen atoms in total. The Morgan fingerprint density at radius 3 is 1.88 bits per heavy atom. The number of nitrogens with zero attached hydrogens (tertiary/aromatic N) is 1. The number of rotatable bonds is 5. The monoisotopic (exact) mass is 455 g/mol. The van der Waals surface area contributed by atoms with Gasteiger partial charge in [-0.05, 0) is 70.4 Å². The molecule has 2 aromatic carbocycles. The SMILES string of the molecule is COc1ccc(/C(=C/CN(OC(=O)OC(C)(C)C)C(=O)OC(C)(C)C)c2ccccc2)cc1. The van der Waals surface area contributed by atoms with Crippen LogP contribution in [0.2, 0.25) is 0 Å². The normalized spacial score (nSPS) is 12.0. The van der Waals surface area contributed by atoms with Gasteiger partial charge in [0.15, 0.2) is 0 Å². The fourth-order valence-electron chi connectivity index (χ4n) is 2.79. The smallest absolute Gasteiger partial charge is 0.497 e. The van der Waals surface area contributed by atoms with Crippen LogP contribution in [0, 0.1) is 0 Å². The molecule has 0 heterocycles. The summed E-state index contributed by atoms with van der Waals surface area (Å²) in [5.41, 5.74) is 1.14. The summed E-state index contributed by atoms with van der Waals surface area (Å²) in [5.74, 6) is 0.731. The largest absolute Gasteiger partial charge is 0.534 e. The lowest BCUT2D eigenvalue weighted by Gasteiger charge is -2.26. The first-order chi connectivity index (χ1) is 15.4. The molecule has 0 aliphatic rings. The molecule has 0 radical (unpaired) electrons. The fraction of sp³-hybridized carbons (Fsp3) is 0.385. The van der Waals surface area contributed by atoms with Gasteiger partial charge >= 0.3 is 12.2 Å². The highest BCUT2D eigenvalue weighted by Gasteiger charge is 2.27. The maximum atomic E-state index is 12.8. The number of amides is 1. The molecule has 2 aromatic rings. The molecule has 0 unspecified atom stereocenters. The van der Waals surface area contributed by atoms with Gasteiger partial charge in [0.05, 0.1) is 13.7 Å². The minimum absolute atomic E-state index is 0.0512. The Balaban J connectivity index is 2.38. The summed E-state index contributed by atoms with van der Waals surface area (Å²) in [6, 6.07) is 17.3. The number of ether oxygens (including phenoxy) is 3. The van der Waals surface area contributed by atoms with Gasteiger partial charge in [0.25, 0.3) is 0 Å². The second-order valence-corrected chi connectivity index (χ2v) is 9.31. The Morgan fingerprint density at radius 2 is 1.36 bits per heavy atom. The van der Waals surface area contributed by atoms with E-state index in [1.807, 2.05) is 54.6 Å². The van der Waals surface area contributed by atoms with E-state index >= 15 is 0 Å². The molecule has 0 aliphatic heterocycles. The van der Waals surface area contributed by atoms with Gasteiger partial charge in [-0.2, -0.15) is 0 Å². The highest BCUT2D eigenvalue weighted by atomic mass is 16.8. The molecule has 33 heavy (non-hydrogen) atoms. The minimum atomic E-state index is -0.993. The van der Waals surface area contributed by atoms with Crippen LogP contribution < -0.4 is 4.74 Å². The van der Waals surface area contributed by atoms with Gasteiger partial charge in [-0.3, -0.25) is 4.84 Å². The number of carbonyl (C=O) groups is 2. The third kappa shape index (κ3) is 8.88. The zero-order chi connectivity index (χ0) is 24.6. The van der Waals surface area contributed by atoms with E-state index < -0.39 is 23.5 Å².